The number of sulfonamides is 1. The van der Waals surface area contributed by atoms with Gasteiger partial charge in [-0.15, -0.1) is 11.3 Å². The first kappa shape index (κ1) is 38.8. The summed E-state index contributed by atoms with van der Waals surface area (Å²) in [5.41, 5.74) is 2.31. The number of amides is 2. The van der Waals surface area contributed by atoms with E-state index in [0.29, 0.717) is 60.4 Å². The first-order valence-electron chi connectivity index (χ1n) is 17.8. The average molecular weight is 811 g/mol. The van der Waals surface area contributed by atoms with Gasteiger partial charge in [-0.1, -0.05) is 30.3 Å². The number of thiazole rings is 1. The van der Waals surface area contributed by atoms with Crippen LogP contribution in [0.4, 0.5) is 22.3 Å². The number of nitro groups is 1. The van der Waals surface area contributed by atoms with E-state index in [-0.39, 0.29) is 29.9 Å². The summed E-state index contributed by atoms with van der Waals surface area (Å²) in [6, 6.07) is 21.3. The number of hydrogen-bond acceptors (Lipinski definition) is 14. The molecular formula is C38H38N10O7S2. The van der Waals surface area contributed by atoms with Crippen LogP contribution in [0.3, 0.4) is 0 Å². The van der Waals surface area contributed by atoms with E-state index in [1.807, 2.05) is 58.9 Å². The Balaban J connectivity index is 1.02. The van der Waals surface area contributed by atoms with Crippen LogP contribution in [-0.2, 0) is 23.0 Å². The third-order valence-corrected chi connectivity index (χ3v) is 11.4. The minimum Gasteiger partial charge on any atom is -0.491 e. The summed E-state index contributed by atoms with van der Waals surface area (Å²) in [4.78, 5) is 50.4. The van der Waals surface area contributed by atoms with Gasteiger partial charge < -0.3 is 25.2 Å². The Morgan fingerprint density at radius 2 is 1.86 bits per heavy atom. The predicted octanol–water partition coefficient (Wildman–Crippen LogP) is 4.84. The zero-order valence-corrected chi connectivity index (χ0v) is 32.5. The molecular weight excluding hydrogens is 773 g/mol. The smallest absolute Gasteiger partial charge is 0.293 e. The van der Waals surface area contributed by atoms with Crippen molar-refractivity contribution in [2.75, 3.05) is 49.3 Å². The van der Waals surface area contributed by atoms with Crippen molar-refractivity contribution in [3.63, 3.8) is 0 Å². The van der Waals surface area contributed by atoms with Crippen molar-refractivity contribution in [1.82, 2.24) is 29.2 Å². The first-order chi connectivity index (χ1) is 27.4. The van der Waals surface area contributed by atoms with E-state index in [4.69, 9.17) is 4.74 Å². The molecule has 0 bridgehead atoms. The monoisotopic (exact) mass is 810 g/mol. The number of imidazole rings is 1. The van der Waals surface area contributed by atoms with Crippen LogP contribution in [-0.4, -0.2) is 89.5 Å². The van der Waals surface area contributed by atoms with Crippen LogP contribution >= 0.6 is 11.3 Å². The number of benzene rings is 3. The van der Waals surface area contributed by atoms with Gasteiger partial charge >= 0.3 is 0 Å². The number of nitro benzene ring substituents is 1. The van der Waals surface area contributed by atoms with Crippen LogP contribution in [0, 0.1) is 10.1 Å². The van der Waals surface area contributed by atoms with Gasteiger partial charge in [-0.2, -0.15) is 5.10 Å². The molecule has 0 aliphatic carbocycles. The highest BCUT2D eigenvalue weighted by Crippen LogP contribution is 2.31. The Labute approximate surface area is 331 Å². The SMILES string of the molecule is CN(C)CC[C@H](COc1ccccc1)Nc1ccc(S(=O)(=O)NC(=O)c2csc(N3CCc4cccc(C(=O)Nc5cn6ncccc6n5)c4C3)n2)cc1[N+](=O)[O-]. The van der Waals surface area contributed by atoms with Crippen molar-refractivity contribution in [1.29, 1.82) is 0 Å². The molecule has 3 N–H and O–H groups in total. The number of anilines is 3. The molecule has 1 aliphatic heterocycles. The third-order valence-electron chi connectivity index (χ3n) is 9.17. The average Bonchev–Trinajstić information content (AvgIpc) is 3.86. The molecule has 0 fully saturated rings. The predicted molar refractivity (Wildman–Crippen MR) is 215 cm³/mol. The van der Waals surface area contributed by atoms with Crippen LogP contribution in [0.1, 0.15) is 38.4 Å². The van der Waals surface area contributed by atoms with Crippen LogP contribution in [0.5, 0.6) is 5.75 Å². The van der Waals surface area contributed by atoms with Gasteiger partial charge in [0.05, 0.1) is 22.1 Å². The van der Waals surface area contributed by atoms with Gasteiger partial charge in [-0.3, -0.25) is 19.7 Å². The zero-order valence-electron chi connectivity index (χ0n) is 30.9. The lowest BCUT2D eigenvalue weighted by Gasteiger charge is -2.29. The Kier molecular flexibility index (Phi) is 11.4. The Hall–Kier alpha value is -6.44. The number of rotatable bonds is 15. The lowest BCUT2D eigenvalue weighted by Crippen LogP contribution is -2.33. The van der Waals surface area contributed by atoms with E-state index in [1.54, 1.807) is 47.2 Å². The molecule has 57 heavy (non-hydrogen) atoms. The van der Waals surface area contributed by atoms with Gasteiger partial charge in [0.1, 0.15) is 23.7 Å². The highest BCUT2D eigenvalue weighted by molar-refractivity contribution is 7.90. The summed E-state index contributed by atoms with van der Waals surface area (Å²) < 4.78 is 36.3. The summed E-state index contributed by atoms with van der Waals surface area (Å²) in [5, 5.41) is 24.3. The number of carbonyl (C=O) groups is 2. The molecule has 294 valence electrons. The van der Waals surface area contributed by atoms with Gasteiger partial charge in [0.25, 0.3) is 27.5 Å². The maximum absolute atomic E-state index is 13.4. The molecule has 3 aromatic heterocycles. The van der Waals surface area contributed by atoms with Crippen molar-refractivity contribution in [2.24, 2.45) is 0 Å². The van der Waals surface area contributed by atoms with Crippen molar-refractivity contribution >= 4 is 61.1 Å². The topological polar surface area (TPSA) is 206 Å². The molecule has 4 heterocycles. The number of nitrogens with one attached hydrogen (secondary N) is 3. The largest absolute Gasteiger partial charge is 0.491 e. The fourth-order valence-electron chi connectivity index (χ4n) is 6.28. The van der Waals surface area contributed by atoms with Crippen molar-refractivity contribution in [2.45, 2.75) is 30.3 Å². The molecule has 0 spiro atoms. The summed E-state index contributed by atoms with van der Waals surface area (Å²) in [5.74, 6) is -0.344. The molecule has 0 radical (unpaired) electrons. The number of ether oxygens (including phenoxy) is 1. The molecule has 0 saturated carbocycles. The number of nitrogens with zero attached hydrogens (tertiary/aromatic N) is 7. The number of aromatic nitrogens is 4. The van der Waals surface area contributed by atoms with Crippen molar-refractivity contribution < 1.29 is 27.7 Å². The minimum atomic E-state index is -4.55. The Bertz CT molecular complexity index is 2510. The fourth-order valence-corrected chi connectivity index (χ4v) is 8.09. The first-order valence-corrected chi connectivity index (χ1v) is 20.2. The van der Waals surface area contributed by atoms with Gasteiger partial charge in [-0.05, 0) is 87.1 Å². The second-order valence-corrected chi connectivity index (χ2v) is 16.0. The molecule has 17 nitrogen and oxygen atoms in total. The summed E-state index contributed by atoms with van der Waals surface area (Å²) >= 11 is 1.15. The minimum absolute atomic E-state index is 0.103. The second kappa shape index (κ2) is 16.7. The van der Waals surface area contributed by atoms with Crippen molar-refractivity contribution in [3.05, 3.63) is 129 Å². The molecule has 1 atom stereocenters. The summed E-state index contributed by atoms with van der Waals surface area (Å²) in [6.07, 6.45) is 4.42. The third kappa shape index (κ3) is 9.17. The van der Waals surface area contributed by atoms with Crippen LogP contribution in [0.25, 0.3) is 5.65 Å². The van der Waals surface area contributed by atoms with Crippen LogP contribution < -0.4 is 25.0 Å². The van der Waals surface area contributed by atoms with E-state index in [2.05, 4.69) is 25.7 Å². The van der Waals surface area contributed by atoms with E-state index < -0.39 is 31.4 Å². The van der Waals surface area contributed by atoms with E-state index >= 15 is 0 Å². The lowest BCUT2D eigenvalue weighted by atomic mass is 9.94. The summed E-state index contributed by atoms with van der Waals surface area (Å²) in [7, 11) is -0.730. The van der Waals surface area contributed by atoms with Gasteiger partial charge in [0.15, 0.2) is 16.6 Å². The number of fused-ring (bicyclic) bond motifs is 2. The molecule has 19 heteroatoms. The molecule has 3 aromatic carbocycles. The lowest BCUT2D eigenvalue weighted by molar-refractivity contribution is -0.384. The zero-order chi connectivity index (χ0) is 40.1. The molecule has 6 aromatic rings. The Morgan fingerprint density at radius 1 is 1.04 bits per heavy atom. The number of para-hydroxylation sites is 1. The summed E-state index contributed by atoms with van der Waals surface area (Å²) in [6.45, 7) is 1.72. The highest BCUT2D eigenvalue weighted by Gasteiger charge is 2.28. The normalized spacial score (nSPS) is 13.2. The van der Waals surface area contributed by atoms with Crippen LogP contribution in [0.2, 0.25) is 0 Å². The second-order valence-electron chi connectivity index (χ2n) is 13.5. The maximum atomic E-state index is 13.4. The maximum Gasteiger partial charge on any atom is 0.293 e. The van der Waals surface area contributed by atoms with Crippen LogP contribution in [0.15, 0.2) is 102 Å². The van der Waals surface area contributed by atoms with Gasteiger partial charge in [0.2, 0.25) is 0 Å². The van der Waals surface area contributed by atoms with Gasteiger partial charge in [-0.25, -0.2) is 27.6 Å². The number of hydrogen-bond donors (Lipinski definition) is 3. The van der Waals surface area contributed by atoms with E-state index in [1.165, 1.54) is 17.5 Å². The van der Waals surface area contributed by atoms with E-state index in [9.17, 15) is 28.1 Å². The quantitative estimate of drug-likeness (QED) is 0.0939. The van der Waals surface area contributed by atoms with Gasteiger partial charge in [0, 0.05) is 36.3 Å². The fraction of sp³-hybridized carbons (Fsp3) is 0.237. The number of carbonyl (C=O) groups excluding carboxylic acids is 2. The van der Waals surface area contributed by atoms with E-state index in [0.717, 1.165) is 28.5 Å². The molecule has 0 saturated heterocycles. The molecule has 1 aliphatic rings. The highest BCUT2D eigenvalue weighted by atomic mass is 32.2. The Morgan fingerprint density at radius 3 is 2.63 bits per heavy atom. The molecule has 0 unspecified atom stereocenters. The van der Waals surface area contributed by atoms with Crippen molar-refractivity contribution in [3.8, 4) is 5.75 Å². The molecule has 7 rings (SSSR count). The standard InChI is InChI=1S/C38H38N10O7S2/c1-45(2)18-16-26(23-55-27-9-4-3-5-10-27)40-31-14-13-28(20-33(31)48(51)52)57(53,54)44-37(50)32-24-56-38(41-32)46-19-15-25-8-6-11-29(30(25)21-46)36(49)43-34-22-47-35(42-34)12-7-17-39-47/h3-14,17,20,22,24,26,40H,15-16,18-19,21,23H2,1-2H3,(H,43,49)(H,44,50)/t26-/m1/s1. The molecule has 2 amide bonds.